The molecule has 1 aromatic rings. The first-order chi connectivity index (χ1) is 6.06. The van der Waals surface area contributed by atoms with E-state index in [0.717, 1.165) is 6.07 Å². The SMILES string of the molecule is COc1cc(=O)c(C)c(C(F)F)[nH]1. The van der Waals surface area contributed by atoms with E-state index in [1.807, 2.05) is 0 Å². The molecule has 0 atom stereocenters. The third kappa shape index (κ3) is 1.85. The summed E-state index contributed by atoms with van der Waals surface area (Å²) in [4.78, 5) is 13.4. The second kappa shape index (κ2) is 3.55. The largest absolute Gasteiger partial charge is 0.482 e. The highest BCUT2D eigenvalue weighted by molar-refractivity contribution is 5.25. The van der Waals surface area contributed by atoms with Crippen molar-refractivity contribution in [2.75, 3.05) is 7.11 Å². The maximum atomic E-state index is 12.3. The van der Waals surface area contributed by atoms with Gasteiger partial charge < -0.3 is 9.72 Å². The van der Waals surface area contributed by atoms with Crippen molar-refractivity contribution in [2.45, 2.75) is 13.3 Å². The van der Waals surface area contributed by atoms with Crippen LogP contribution in [0.1, 0.15) is 17.7 Å². The molecule has 0 saturated heterocycles. The Balaban J connectivity index is 3.33. The van der Waals surface area contributed by atoms with Crippen LogP contribution in [0.15, 0.2) is 10.9 Å². The normalized spacial score (nSPS) is 10.5. The van der Waals surface area contributed by atoms with Crippen LogP contribution in [-0.2, 0) is 0 Å². The average Bonchev–Trinajstić information content (AvgIpc) is 2.09. The highest BCUT2D eigenvalue weighted by atomic mass is 19.3. The molecule has 72 valence electrons. The van der Waals surface area contributed by atoms with Crippen molar-refractivity contribution in [1.82, 2.24) is 4.98 Å². The minimum atomic E-state index is -2.69. The number of methoxy groups -OCH3 is 1. The van der Waals surface area contributed by atoms with Crippen LogP contribution < -0.4 is 10.2 Å². The topological polar surface area (TPSA) is 42.1 Å². The number of rotatable bonds is 2. The first-order valence-electron chi connectivity index (χ1n) is 3.62. The molecule has 0 saturated carbocycles. The predicted octanol–water partition coefficient (Wildman–Crippen LogP) is 1.63. The number of H-pyrrole nitrogens is 1. The van der Waals surface area contributed by atoms with Gasteiger partial charge in [0.1, 0.15) is 0 Å². The molecule has 5 heteroatoms. The standard InChI is InChI=1S/C8H9F2NO2/c1-4-5(12)3-6(13-2)11-7(4)8(9)10/h3,8H,1-2H3,(H,11,12). The van der Waals surface area contributed by atoms with Crippen LogP contribution in [0.3, 0.4) is 0 Å². The second-order valence-electron chi connectivity index (χ2n) is 2.54. The van der Waals surface area contributed by atoms with E-state index >= 15 is 0 Å². The van der Waals surface area contributed by atoms with Gasteiger partial charge in [-0.15, -0.1) is 0 Å². The van der Waals surface area contributed by atoms with Gasteiger partial charge in [-0.25, -0.2) is 8.78 Å². The van der Waals surface area contributed by atoms with Crippen molar-refractivity contribution in [3.05, 3.63) is 27.5 Å². The molecule has 0 bridgehead atoms. The Morgan fingerprint density at radius 1 is 1.54 bits per heavy atom. The van der Waals surface area contributed by atoms with Gasteiger partial charge in [-0.2, -0.15) is 0 Å². The monoisotopic (exact) mass is 189 g/mol. The van der Waals surface area contributed by atoms with E-state index in [1.165, 1.54) is 14.0 Å². The lowest BCUT2D eigenvalue weighted by atomic mass is 10.2. The van der Waals surface area contributed by atoms with Gasteiger partial charge in [0.2, 0.25) is 0 Å². The van der Waals surface area contributed by atoms with Crippen LogP contribution in [0.25, 0.3) is 0 Å². The maximum Gasteiger partial charge on any atom is 0.278 e. The van der Waals surface area contributed by atoms with E-state index < -0.39 is 11.9 Å². The number of hydrogen-bond acceptors (Lipinski definition) is 2. The van der Waals surface area contributed by atoms with Gasteiger partial charge in [-0.1, -0.05) is 0 Å². The van der Waals surface area contributed by atoms with Crippen molar-refractivity contribution in [2.24, 2.45) is 0 Å². The van der Waals surface area contributed by atoms with Gasteiger partial charge >= 0.3 is 0 Å². The number of ether oxygens (including phenoxy) is 1. The van der Waals surface area contributed by atoms with Crippen LogP contribution in [0.5, 0.6) is 5.88 Å². The molecule has 0 aromatic carbocycles. The fourth-order valence-corrected chi connectivity index (χ4v) is 0.951. The Labute approximate surface area is 73.4 Å². The van der Waals surface area contributed by atoms with Crippen molar-refractivity contribution >= 4 is 0 Å². The number of pyridine rings is 1. The number of halogens is 2. The summed E-state index contributed by atoms with van der Waals surface area (Å²) >= 11 is 0. The Kier molecular flexibility index (Phi) is 2.65. The van der Waals surface area contributed by atoms with Crippen molar-refractivity contribution in [1.29, 1.82) is 0 Å². The van der Waals surface area contributed by atoms with E-state index in [2.05, 4.69) is 9.72 Å². The smallest absolute Gasteiger partial charge is 0.278 e. The molecule has 0 radical (unpaired) electrons. The molecule has 1 N–H and O–H groups in total. The molecule has 3 nitrogen and oxygen atoms in total. The highest BCUT2D eigenvalue weighted by Gasteiger charge is 2.14. The first-order valence-corrected chi connectivity index (χ1v) is 3.62. The van der Waals surface area contributed by atoms with Crippen LogP contribution in [0.4, 0.5) is 8.78 Å². The number of nitrogens with one attached hydrogen (secondary N) is 1. The van der Waals surface area contributed by atoms with E-state index in [-0.39, 0.29) is 17.1 Å². The summed E-state index contributed by atoms with van der Waals surface area (Å²) < 4.78 is 29.2. The van der Waals surface area contributed by atoms with Gasteiger partial charge in [0.25, 0.3) is 6.43 Å². The summed E-state index contributed by atoms with van der Waals surface area (Å²) in [5.41, 5.74) is -0.814. The average molecular weight is 189 g/mol. The second-order valence-corrected chi connectivity index (χ2v) is 2.54. The first kappa shape index (κ1) is 9.70. The van der Waals surface area contributed by atoms with Crippen LogP contribution in [-0.4, -0.2) is 12.1 Å². The van der Waals surface area contributed by atoms with Gasteiger partial charge in [-0.3, -0.25) is 4.79 Å². The molecule has 0 unspecified atom stereocenters. The molecular weight excluding hydrogens is 180 g/mol. The van der Waals surface area contributed by atoms with E-state index in [1.54, 1.807) is 0 Å². The molecule has 0 amide bonds. The van der Waals surface area contributed by atoms with Gasteiger partial charge in [0.05, 0.1) is 12.8 Å². The number of aromatic amines is 1. The van der Waals surface area contributed by atoms with Crippen molar-refractivity contribution < 1.29 is 13.5 Å². The minimum absolute atomic E-state index is 0.0239. The molecule has 1 rings (SSSR count). The van der Waals surface area contributed by atoms with Crippen LogP contribution >= 0.6 is 0 Å². The molecule has 13 heavy (non-hydrogen) atoms. The molecule has 1 aromatic heterocycles. The quantitative estimate of drug-likeness (QED) is 0.768. The Bertz CT molecular complexity index is 360. The lowest BCUT2D eigenvalue weighted by Gasteiger charge is -2.06. The maximum absolute atomic E-state index is 12.3. The minimum Gasteiger partial charge on any atom is -0.482 e. The van der Waals surface area contributed by atoms with E-state index in [0.29, 0.717) is 0 Å². The highest BCUT2D eigenvalue weighted by Crippen LogP contribution is 2.19. The van der Waals surface area contributed by atoms with Crippen LogP contribution in [0, 0.1) is 6.92 Å². The lowest BCUT2D eigenvalue weighted by molar-refractivity contribution is 0.144. The van der Waals surface area contributed by atoms with E-state index in [4.69, 9.17) is 0 Å². The molecular formula is C8H9F2NO2. The predicted molar refractivity (Wildman–Crippen MR) is 43.3 cm³/mol. The molecule has 0 aliphatic heterocycles. The summed E-state index contributed by atoms with van der Waals surface area (Å²) in [6, 6.07) is 1.14. The lowest BCUT2D eigenvalue weighted by Crippen LogP contribution is -2.11. The van der Waals surface area contributed by atoms with Gasteiger partial charge in [-0.05, 0) is 6.92 Å². The zero-order valence-electron chi connectivity index (χ0n) is 7.23. The number of aromatic nitrogens is 1. The van der Waals surface area contributed by atoms with Crippen molar-refractivity contribution in [3.63, 3.8) is 0 Å². The molecule has 1 heterocycles. The fourth-order valence-electron chi connectivity index (χ4n) is 0.951. The Hall–Kier alpha value is -1.39. The van der Waals surface area contributed by atoms with Gasteiger partial charge in [0.15, 0.2) is 11.3 Å². The fraction of sp³-hybridized carbons (Fsp3) is 0.375. The van der Waals surface area contributed by atoms with Crippen LogP contribution in [0.2, 0.25) is 0 Å². The molecule has 0 aliphatic rings. The molecule has 0 spiro atoms. The number of hydrogen-bond donors (Lipinski definition) is 1. The molecule has 0 fully saturated rings. The third-order valence-electron chi connectivity index (χ3n) is 1.73. The summed E-state index contributed by atoms with van der Waals surface area (Å²) in [7, 11) is 1.30. The Morgan fingerprint density at radius 3 is 2.62 bits per heavy atom. The summed E-state index contributed by atoms with van der Waals surface area (Å²) in [5.74, 6) is 0.0471. The zero-order chi connectivity index (χ0) is 10.0. The Morgan fingerprint density at radius 2 is 2.15 bits per heavy atom. The zero-order valence-corrected chi connectivity index (χ0v) is 7.23. The van der Waals surface area contributed by atoms with Gasteiger partial charge in [0, 0.05) is 11.6 Å². The molecule has 0 aliphatic carbocycles. The summed E-state index contributed by atoms with van der Waals surface area (Å²) in [6.07, 6.45) is -2.69. The van der Waals surface area contributed by atoms with E-state index in [9.17, 15) is 13.6 Å². The number of alkyl halides is 2. The summed E-state index contributed by atoms with van der Waals surface area (Å²) in [6.45, 7) is 1.35. The summed E-state index contributed by atoms with van der Waals surface area (Å²) in [5, 5.41) is 0. The third-order valence-corrected chi connectivity index (χ3v) is 1.73. The van der Waals surface area contributed by atoms with Crippen molar-refractivity contribution in [3.8, 4) is 5.88 Å².